The number of ether oxygens (including phenoxy) is 12. The first kappa shape index (κ1) is 52.0. The Morgan fingerprint density at radius 1 is 0.264 bits per heavy atom. The molecule has 0 amide bonds. The van der Waals surface area contributed by atoms with Gasteiger partial charge in [0, 0.05) is 13.0 Å². The highest BCUT2D eigenvalue weighted by atomic mass is 16.6. The van der Waals surface area contributed by atoms with Crippen molar-refractivity contribution in [2.75, 3.05) is 152 Å². The summed E-state index contributed by atoms with van der Waals surface area (Å²) in [5.41, 5.74) is 0. The monoisotopic (exact) mass is 769 g/mol. The summed E-state index contributed by atoms with van der Waals surface area (Å²) < 4.78 is 65.7. The third kappa shape index (κ3) is 49.0. The summed E-state index contributed by atoms with van der Waals surface area (Å²) in [7, 11) is 0. The molecule has 0 aliphatic heterocycles. The molecule has 0 fully saturated rings. The van der Waals surface area contributed by atoms with Crippen LogP contribution in [0.1, 0.15) is 104 Å². The summed E-state index contributed by atoms with van der Waals surface area (Å²) in [6.45, 7) is 16.4. The Morgan fingerprint density at radius 2 is 0.491 bits per heavy atom. The smallest absolute Gasteiger partial charge is 0.305 e. The van der Waals surface area contributed by atoms with Crippen LogP contribution in [0.3, 0.4) is 0 Å². The highest BCUT2D eigenvalue weighted by molar-refractivity contribution is 5.69. The number of hydrogen-bond donors (Lipinski definition) is 0. The van der Waals surface area contributed by atoms with Gasteiger partial charge < -0.3 is 56.8 Å². The Bertz CT molecular complexity index is 675. The topological polar surface area (TPSA) is 128 Å². The lowest BCUT2D eigenvalue weighted by Crippen LogP contribution is -2.15. The maximum Gasteiger partial charge on any atom is 0.305 e. The van der Waals surface area contributed by atoms with Crippen molar-refractivity contribution in [3.63, 3.8) is 0 Å². The van der Waals surface area contributed by atoms with Crippen LogP contribution >= 0.6 is 0 Å². The summed E-state index contributed by atoms with van der Waals surface area (Å²) in [5.74, 6) is -0.146. The Morgan fingerprint density at radius 3 is 0.792 bits per heavy atom. The average molecular weight is 769 g/mol. The molecule has 0 radical (unpaired) electrons. The van der Waals surface area contributed by atoms with Gasteiger partial charge in [0.1, 0.15) is 6.61 Å². The van der Waals surface area contributed by atoms with Gasteiger partial charge in [0.05, 0.1) is 139 Å². The summed E-state index contributed by atoms with van der Waals surface area (Å²) in [6.07, 6.45) is 16.6. The van der Waals surface area contributed by atoms with Crippen molar-refractivity contribution >= 4 is 5.97 Å². The highest BCUT2D eigenvalue weighted by Gasteiger charge is 2.03. The van der Waals surface area contributed by atoms with Crippen LogP contribution in [-0.4, -0.2) is 158 Å². The molecule has 13 heteroatoms. The Hall–Kier alpha value is -0.970. The van der Waals surface area contributed by atoms with Gasteiger partial charge in [-0.15, -0.1) is 0 Å². The van der Waals surface area contributed by atoms with E-state index in [4.69, 9.17) is 56.8 Å². The summed E-state index contributed by atoms with van der Waals surface area (Å²) in [6, 6.07) is 0. The third-order valence-corrected chi connectivity index (χ3v) is 7.84. The molecule has 0 aliphatic carbocycles. The molecule has 53 heavy (non-hydrogen) atoms. The van der Waals surface area contributed by atoms with Crippen LogP contribution in [0.5, 0.6) is 0 Å². The van der Waals surface area contributed by atoms with Gasteiger partial charge in [-0.1, -0.05) is 84.5 Å². The van der Waals surface area contributed by atoms with E-state index in [-0.39, 0.29) is 12.6 Å². The van der Waals surface area contributed by atoms with Gasteiger partial charge in [0.25, 0.3) is 0 Å². The molecule has 0 rings (SSSR count). The maximum absolute atomic E-state index is 11.6. The number of rotatable bonds is 48. The van der Waals surface area contributed by atoms with E-state index in [1.807, 2.05) is 0 Å². The molecule has 0 atom stereocenters. The molecule has 0 saturated heterocycles. The van der Waals surface area contributed by atoms with E-state index < -0.39 is 0 Å². The molecule has 0 aliphatic rings. The highest BCUT2D eigenvalue weighted by Crippen LogP contribution is 2.08. The fourth-order valence-corrected chi connectivity index (χ4v) is 4.80. The lowest BCUT2D eigenvalue weighted by molar-refractivity contribution is -0.145. The van der Waals surface area contributed by atoms with Crippen LogP contribution in [0.2, 0.25) is 0 Å². The number of hydrogen-bond acceptors (Lipinski definition) is 13. The number of esters is 1. The van der Waals surface area contributed by atoms with Crippen LogP contribution in [0.15, 0.2) is 0 Å². The standard InChI is InChI=1S/C40H80O13/c1-3-5-7-9-10-11-13-15-17-42-18-19-43-20-21-44-22-23-45-24-25-46-26-27-47-28-29-48-30-31-49-32-33-50-34-35-51-36-37-52-38-39-53-40(41)16-14-12-8-6-4-2/h3-39H2,1-2H3. The van der Waals surface area contributed by atoms with E-state index >= 15 is 0 Å². The Balaban J connectivity index is 3.08. The molecule has 13 nitrogen and oxygen atoms in total. The van der Waals surface area contributed by atoms with Gasteiger partial charge >= 0.3 is 5.97 Å². The van der Waals surface area contributed by atoms with E-state index in [0.717, 1.165) is 25.9 Å². The van der Waals surface area contributed by atoms with Gasteiger partial charge in [0.2, 0.25) is 0 Å². The van der Waals surface area contributed by atoms with Crippen LogP contribution < -0.4 is 0 Å². The lowest BCUT2D eigenvalue weighted by Gasteiger charge is -2.09. The largest absolute Gasteiger partial charge is 0.463 e. The van der Waals surface area contributed by atoms with Crippen LogP contribution in [0.25, 0.3) is 0 Å². The van der Waals surface area contributed by atoms with Gasteiger partial charge in [-0.25, -0.2) is 0 Å². The Labute approximate surface area is 322 Å². The number of unbranched alkanes of at least 4 members (excludes halogenated alkanes) is 11. The molecular weight excluding hydrogens is 688 g/mol. The maximum atomic E-state index is 11.6. The van der Waals surface area contributed by atoms with Crippen molar-refractivity contribution < 1.29 is 61.6 Å². The van der Waals surface area contributed by atoms with Crippen molar-refractivity contribution in [2.45, 2.75) is 104 Å². The zero-order valence-electron chi connectivity index (χ0n) is 34.0. The molecule has 0 heterocycles. The normalized spacial score (nSPS) is 11.5. The van der Waals surface area contributed by atoms with Crippen LogP contribution in [0, 0.1) is 0 Å². The molecule has 0 unspecified atom stereocenters. The number of carbonyl (C=O) groups excluding carboxylic acids is 1. The summed E-state index contributed by atoms with van der Waals surface area (Å²) in [4.78, 5) is 11.6. The molecule has 0 spiro atoms. The van der Waals surface area contributed by atoms with E-state index in [0.29, 0.717) is 145 Å². The van der Waals surface area contributed by atoms with Crippen molar-refractivity contribution in [3.8, 4) is 0 Å². The molecule has 0 saturated carbocycles. The van der Waals surface area contributed by atoms with Crippen molar-refractivity contribution in [2.24, 2.45) is 0 Å². The molecule has 318 valence electrons. The second-order valence-corrected chi connectivity index (χ2v) is 12.6. The second kappa shape index (κ2) is 49.0. The number of carbonyl (C=O) groups is 1. The SMILES string of the molecule is CCCCCCCCCCOCCOCCOCCOCCOCCOCCOCCOCCOCCOCCOCCOC(=O)CCCCCCC. The van der Waals surface area contributed by atoms with Gasteiger partial charge in [0.15, 0.2) is 0 Å². The van der Waals surface area contributed by atoms with E-state index in [2.05, 4.69) is 13.8 Å². The first-order valence-corrected chi connectivity index (χ1v) is 20.8. The van der Waals surface area contributed by atoms with Gasteiger partial charge in [-0.05, 0) is 12.8 Å². The van der Waals surface area contributed by atoms with Crippen molar-refractivity contribution in [1.82, 2.24) is 0 Å². The minimum atomic E-state index is -0.146. The van der Waals surface area contributed by atoms with E-state index in [1.54, 1.807) is 0 Å². The van der Waals surface area contributed by atoms with E-state index in [9.17, 15) is 4.79 Å². The molecule has 0 aromatic carbocycles. The molecular formula is C40H80O13. The predicted octanol–water partition coefficient (Wildman–Crippen LogP) is 6.21. The third-order valence-electron chi connectivity index (χ3n) is 7.84. The first-order chi connectivity index (χ1) is 26.3. The zero-order chi connectivity index (χ0) is 38.2. The lowest BCUT2D eigenvalue weighted by atomic mass is 10.1. The molecule has 0 bridgehead atoms. The van der Waals surface area contributed by atoms with Crippen molar-refractivity contribution in [1.29, 1.82) is 0 Å². The van der Waals surface area contributed by atoms with Gasteiger partial charge in [-0.2, -0.15) is 0 Å². The molecule has 0 aromatic rings. The average Bonchev–Trinajstić information content (AvgIpc) is 3.16. The fraction of sp³-hybridized carbons (Fsp3) is 0.975. The van der Waals surface area contributed by atoms with Gasteiger partial charge in [-0.3, -0.25) is 4.79 Å². The predicted molar refractivity (Wildman–Crippen MR) is 206 cm³/mol. The Kier molecular flexibility index (Phi) is 48.2. The van der Waals surface area contributed by atoms with Crippen LogP contribution in [0.4, 0.5) is 0 Å². The molecule has 0 aromatic heterocycles. The zero-order valence-corrected chi connectivity index (χ0v) is 34.0. The second-order valence-electron chi connectivity index (χ2n) is 12.6. The minimum Gasteiger partial charge on any atom is -0.463 e. The quantitative estimate of drug-likeness (QED) is 0.0515. The minimum absolute atomic E-state index is 0.146. The molecule has 0 N–H and O–H groups in total. The van der Waals surface area contributed by atoms with Crippen LogP contribution in [-0.2, 0) is 61.6 Å². The summed E-state index contributed by atoms with van der Waals surface area (Å²) in [5, 5.41) is 0. The van der Waals surface area contributed by atoms with E-state index in [1.165, 1.54) is 64.2 Å². The summed E-state index contributed by atoms with van der Waals surface area (Å²) >= 11 is 0. The van der Waals surface area contributed by atoms with Crippen molar-refractivity contribution in [3.05, 3.63) is 0 Å². The first-order valence-electron chi connectivity index (χ1n) is 20.8. The fourth-order valence-electron chi connectivity index (χ4n) is 4.80.